The molecule has 15 heavy (non-hydrogen) atoms. The average Bonchev–Trinajstić information content (AvgIpc) is 2.29. The van der Waals surface area contributed by atoms with Gasteiger partial charge in [-0.3, -0.25) is 0 Å². The molecule has 0 bridgehead atoms. The van der Waals surface area contributed by atoms with E-state index in [1.54, 1.807) is 0 Å². The molecular formula is C13H12BN. The summed E-state index contributed by atoms with van der Waals surface area (Å²) in [6.07, 6.45) is 6.60. The van der Waals surface area contributed by atoms with Gasteiger partial charge < -0.3 is 4.81 Å². The summed E-state index contributed by atoms with van der Waals surface area (Å²) in [7, 11) is 0. The van der Waals surface area contributed by atoms with Crippen LogP contribution >= 0.6 is 0 Å². The van der Waals surface area contributed by atoms with Crippen LogP contribution in [-0.4, -0.2) is 6.85 Å². The van der Waals surface area contributed by atoms with E-state index < -0.39 is 0 Å². The van der Waals surface area contributed by atoms with Gasteiger partial charge in [0.05, 0.1) is 0 Å². The number of fused-ring (bicyclic) bond motifs is 3. The third-order valence-electron chi connectivity index (χ3n) is 2.91. The Hall–Kier alpha value is -1.70. The fourth-order valence-corrected chi connectivity index (χ4v) is 2.14. The maximum Gasteiger partial charge on any atom is 0.312 e. The van der Waals surface area contributed by atoms with Crippen LogP contribution in [0.4, 0.5) is 5.69 Å². The maximum atomic E-state index is 2.32. The van der Waals surface area contributed by atoms with Gasteiger partial charge in [-0.05, 0) is 30.3 Å². The highest BCUT2D eigenvalue weighted by Crippen LogP contribution is 2.30. The van der Waals surface area contributed by atoms with Crippen molar-refractivity contribution in [2.45, 2.75) is 6.92 Å². The van der Waals surface area contributed by atoms with E-state index in [9.17, 15) is 0 Å². The third-order valence-corrected chi connectivity index (χ3v) is 2.91. The summed E-state index contributed by atoms with van der Waals surface area (Å²) >= 11 is 0. The van der Waals surface area contributed by atoms with Gasteiger partial charge in [0.15, 0.2) is 0 Å². The Bertz CT molecular complexity index is 485. The molecule has 0 spiro atoms. The van der Waals surface area contributed by atoms with Crippen LogP contribution in [0, 0.1) is 0 Å². The number of hydrogen-bond donors (Lipinski definition) is 0. The molecule has 1 nitrogen and oxygen atoms in total. The minimum Gasteiger partial charge on any atom is -0.383 e. The molecule has 0 atom stereocenters. The number of nitrogens with zero attached hydrogens (tertiary/aromatic N) is 1. The molecule has 2 heterocycles. The molecule has 72 valence electrons. The first-order chi connectivity index (χ1) is 7.34. The molecule has 0 aliphatic carbocycles. The minimum atomic E-state index is 0.392. The molecule has 0 radical (unpaired) electrons. The summed E-state index contributed by atoms with van der Waals surface area (Å²) in [5.74, 6) is 4.48. The molecule has 2 heteroatoms. The van der Waals surface area contributed by atoms with Crippen molar-refractivity contribution in [1.29, 1.82) is 0 Å². The van der Waals surface area contributed by atoms with E-state index in [0.29, 0.717) is 6.85 Å². The van der Waals surface area contributed by atoms with Crippen molar-refractivity contribution in [2.75, 3.05) is 4.81 Å². The summed E-state index contributed by atoms with van der Waals surface area (Å²) in [6, 6.07) is 8.51. The molecule has 3 rings (SSSR count). The summed E-state index contributed by atoms with van der Waals surface area (Å²) in [4.78, 5) is 2.32. The van der Waals surface area contributed by atoms with Crippen LogP contribution in [0.5, 0.6) is 0 Å². The van der Waals surface area contributed by atoms with Gasteiger partial charge in [-0.15, -0.1) is 0 Å². The van der Waals surface area contributed by atoms with Crippen LogP contribution in [-0.2, 0) is 0 Å². The zero-order valence-corrected chi connectivity index (χ0v) is 8.72. The van der Waals surface area contributed by atoms with Crippen molar-refractivity contribution in [2.24, 2.45) is 0 Å². The van der Waals surface area contributed by atoms with Crippen molar-refractivity contribution in [3.8, 4) is 0 Å². The summed E-state index contributed by atoms with van der Waals surface area (Å²) in [5, 5.41) is 0. The Labute approximate surface area is 90.5 Å². The van der Waals surface area contributed by atoms with Gasteiger partial charge in [-0.1, -0.05) is 42.3 Å². The van der Waals surface area contributed by atoms with Gasteiger partial charge in [0.25, 0.3) is 0 Å². The fourth-order valence-electron chi connectivity index (χ4n) is 2.14. The summed E-state index contributed by atoms with van der Waals surface area (Å²) in [6.45, 7) is 2.52. The Morgan fingerprint density at radius 1 is 1.07 bits per heavy atom. The predicted octanol–water partition coefficient (Wildman–Crippen LogP) is 3.06. The lowest BCUT2D eigenvalue weighted by atomic mass is 9.56. The lowest BCUT2D eigenvalue weighted by molar-refractivity contribution is 1.30. The zero-order valence-electron chi connectivity index (χ0n) is 8.72. The van der Waals surface area contributed by atoms with E-state index in [0.717, 1.165) is 0 Å². The highest BCUT2D eigenvalue weighted by atomic mass is 15.1. The van der Waals surface area contributed by atoms with E-state index in [2.05, 4.69) is 66.3 Å². The molecule has 1 aromatic rings. The Morgan fingerprint density at radius 3 is 2.80 bits per heavy atom. The summed E-state index contributed by atoms with van der Waals surface area (Å²) < 4.78 is 0. The highest BCUT2D eigenvalue weighted by molar-refractivity contribution is 6.75. The predicted molar refractivity (Wildman–Crippen MR) is 66.6 cm³/mol. The largest absolute Gasteiger partial charge is 0.383 e. The van der Waals surface area contributed by atoms with Gasteiger partial charge >= 0.3 is 6.85 Å². The molecule has 2 aliphatic heterocycles. The van der Waals surface area contributed by atoms with Gasteiger partial charge in [-0.2, -0.15) is 0 Å². The number of hydrogen-bond acceptors (Lipinski definition) is 1. The molecule has 0 fully saturated rings. The molecule has 0 saturated carbocycles. The molecule has 0 unspecified atom stereocenters. The fraction of sp³-hybridized carbons (Fsp3) is 0.0769. The first-order valence-corrected chi connectivity index (χ1v) is 5.27. The second kappa shape index (κ2) is 3.16. The molecule has 1 aromatic carbocycles. The second-order valence-electron chi connectivity index (χ2n) is 4.05. The Balaban J connectivity index is 2.14. The molecule has 2 aliphatic rings. The van der Waals surface area contributed by atoms with Crippen LogP contribution in [0.25, 0.3) is 6.08 Å². The number of anilines is 1. The quantitative estimate of drug-likeness (QED) is 0.572. The van der Waals surface area contributed by atoms with Crippen LogP contribution in [0.3, 0.4) is 0 Å². The second-order valence-corrected chi connectivity index (χ2v) is 4.05. The van der Waals surface area contributed by atoms with Crippen molar-refractivity contribution < 1.29 is 0 Å². The number of benzene rings is 1. The van der Waals surface area contributed by atoms with Crippen molar-refractivity contribution in [3.63, 3.8) is 0 Å². The van der Waals surface area contributed by atoms with Crippen LogP contribution < -0.4 is 4.81 Å². The number of rotatable bonds is 0. The topological polar surface area (TPSA) is 3.24 Å². The van der Waals surface area contributed by atoms with Crippen molar-refractivity contribution >= 4 is 18.6 Å². The van der Waals surface area contributed by atoms with Crippen LogP contribution in [0.2, 0.25) is 0 Å². The van der Waals surface area contributed by atoms with Crippen molar-refractivity contribution in [3.05, 3.63) is 59.6 Å². The molecule has 0 N–H and O–H groups in total. The van der Waals surface area contributed by atoms with E-state index in [-0.39, 0.29) is 0 Å². The number of para-hydroxylation sites is 1. The molecule has 0 amide bonds. The first-order valence-electron chi connectivity index (χ1n) is 5.27. The Morgan fingerprint density at radius 2 is 1.87 bits per heavy atom. The SMILES string of the molecule is CC1=CN2B(C=C1)C=Cc1ccccc12. The zero-order chi connectivity index (χ0) is 10.3. The normalized spacial score (nSPS) is 17.3. The van der Waals surface area contributed by atoms with E-state index in [4.69, 9.17) is 0 Å². The molecular weight excluding hydrogens is 181 g/mol. The van der Waals surface area contributed by atoms with E-state index in [1.807, 2.05) is 0 Å². The average molecular weight is 193 g/mol. The number of allylic oxidation sites excluding steroid dienone is 2. The highest BCUT2D eigenvalue weighted by Gasteiger charge is 2.24. The third kappa shape index (κ3) is 1.33. The van der Waals surface area contributed by atoms with Gasteiger partial charge in [0, 0.05) is 5.69 Å². The smallest absolute Gasteiger partial charge is 0.312 e. The minimum absolute atomic E-state index is 0.392. The maximum absolute atomic E-state index is 2.32. The lowest BCUT2D eigenvalue weighted by Gasteiger charge is -2.31. The monoisotopic (exact) mass is 193 g/mol. The van der Waals surface area contributed by atoms with E-state index >= 15 is 0 Å². The van der Waals surface area contributed by atoms with Gasteiger partial charge in [0.2, 0.25) is 0 Å². The lowest BCUT2D eigenvalue weighted by Crippen LogP contribution is -2.36. The van der Waals surface area contributed by atoms with Crippen LogP contribution in [0.1, 0.15) is 12.5 Å². The molecule has 0 saturated heterocycles. The Kier molecular flexibility index (Phi) is 1.81. The summed E-state index contributed by atoms with van der Waals surface area (Å²) in [5.41, 5.74) is 3.90. The van der Waals surface area contributed by atoms with Gasteiger partial charge in [-0.25, -0.2) is 0 Å². The van der Waals surface area contributed by atoms with E-state index in [1.165, 1.54) is 16.8 Å². The first kappa shape index (κ1) is 8.60. The van der Waals surface area contributed by atoms with Crippen molar-refractivity contribution in [1.82, 2.24) is 0 Å². The molecule has 0 aromatic heterocycles. The van der Waals surface area contributed by atoms with Crippen LogP contribution in [0.15, 0.2) is 54.1 Å². The standard InChI is InChI=1S/C13H12BN/c1-11-6-8-14-9-7-12-4-2-3-5-13(12)15(14)10-11/h2-10H,1H3. The van der Waals surface area contributed by atoms with Gasteiger partial charge in [0.1, 0.15) is 0 Å².